The van der Waals surface area contributed by atoms with Crippen LogP contribution in [0.4, 0.5) is 4.79 Å². The molecule has 0 unspecified atom stereocenters. The Morgan fingerprint density at radius 1 is 1.62 bits per heavy atom. The normalized spacial score (nSPS) is 10.8. The van der Waals surface area contributed by atoms with Crippen LogP contribution >= 0.6 is 0 Å². The van der Waals surface area contributed by atoms with Crippen LogP contribution in [-0.2, 0) is 4.74 Å². The van der Waals surface area contributed by atoms with Crippen molar-refractivity contribution in [3.05, 3.63) is 0 Å². The number of alkyl carbamates (subject to hydrolysis) is 1. The van der Waals surface area contributed by atoms with Crippen molar-refractivity contribution in [1.82, 2.24) is 5.32 Å². The number of hydrogen-bond donors (Lipinski definition) is 1. The van der Waals surface area contributed by atoms with Gasteiger partial charge in [0.1, 0.15) is 0 Å². The van der Waals surface area contributed by atoms with E-state index >= 15 is 0 Å². The minimum absolute atomic E-state index is 0.370. The van der Waals surface area contributed by atoms with E-state index in [2.05, 4.69) is 10.3 Å². The molecule has 0 heterocycles. The van der Waals surface area contributed by atoms with Crippen LogP contribution in [0.1, 0.15) is 20.8 Å². The van der Waals surface area contributed by atoms with Gasteiger partial charge in [0.05, 0.1) is 13.2 Å². The molecule has 0 aromatic carbocycles. The summed E-state index contributed by atoms with van der Waals surface area (Å²) in [5, 5.41) is 2.56. The summed E-state index contributed by atoms with van der Waals surface area (Å²) in [7, 11) is 0. The number of aliphatic imine (C=N–C) groups is 1. The molecule has 13 heavy (non-hydrogen) atoms. The van der Waals surface area contributed by atoms with Gasteiger partial charge in [-0.2, -0.15) is 0 Å². The van der Waals surface area contributed by atoms with Gasteiger partial charge in [0.15, 0.2) is 0 Å². The summed E-state index contributed by atoms with van der Waals surface area (Å²) in [6.07, 6.45) is 1.28. The highest BCUT2D eigenvalue weighted by Crippen LogP contribution is 1.91. The van der Waals surface area contributed by atoms with Crippen LogP contribution in [-0.4, -0.2) is 32.0 Å². The summed E-state index contributed by atoms with van der Waals surface area (Å²) in [5.41, 5.74) is 0. The summed E-state index contributed by atoms with van der Waals surface area (Å²) in [6.45, 7) is 7.55. The predicted octanol–water partition coefficient (Wildman–Crippen LogP) is 1.46. The molecule has 0 aromatic rings. The molecule has 0 aliphatic heterocycles. The highest BCUT2D eigenvalue weighted by molar-refractivity contribution is 5.72. The third-order valence-electron chi connectivity index (χ3n) is 1.20. The zero-order chi connectivity index (χ0) is 10.1. The Hall–Kier alpha value is -1.06. The molecule has 0 spiro atoms. The van der Waals surface area contributed by atoms with Crippen molar-refractivity contribution < 1.29 is 9.53 Å². The van der Waals surface area contributed by atoms with Crippen LogP contribution in [0, 0.1) is 5.92 Å². The Balaban J connectivity index is 3.35. The van der Waals surface area contributed by atoms with Gasteiger partial charge < -0.3 is 10.1 Å². The van der Waals surface area contributed by atoms with Crippen LogP contribution in [0.3, 0.4) is 0 Å². The molecule has 0 aliphatic rings. The molecule has 0 aromatic heterocycles. The molecule has 0 fully saturated rings. The molecule has 1 N–H and O–H groups in total. The fraction of sp³-hybridized carbons (Fsp3) is 0.778. The van der Waals surface area contributed by atoms with Gasteiger partial charge in [-0.15, -0.1) is 0 Å². The van der Waals surface area contributed by atoms with Gasteiger partial charge in [-0.3, -0.25) is 4.99 Å². The van der Waals surface area contributed by atoms with Gasteiger partial charge in [0.25, 0.3) is 0 Å². The van der Waals surface area contributed by atoms with E-state index < -0.39 is 0 Å². The molecule has 0 aliphatic carbocycles. The Bertz CT molecular complexity index is 167. The zero-order valence-electron chi connectivity index (χ0n) is 8.54. The molecule has 0 saturated heterocycles. The number of nitrogens with zero attached hydrogens (tertiary/aromatic N) is 1. The third-order valence-corrected chi connectivity index (χ3v) is 1.20. The Morgan fingerprint density at radius 3 is 2.85 bits per heavy atom. The van der Waals surface area contributed by atoms with E-state index in [1.165, 1.54) is 0 Å². The predicted molar refractivity (Wildman–Crippen MR) is 53.2 cm³/mol. The van der Waals surface area contributed by atoms with Crippen molar-refractivity contribution in [3.63, 3.8) is 0 Å². The van der Waals surface area contributed by atoms with E-state index in [1.807, 2.05) is 20.8 Å². The summed E-state index contributed by atoms with van der Waals surface area (Å²) in [6, 6.07) is 0. The summed E-state index contributed by atoms with van der Waals surface area (Å²) < 4.78 is 4.87. The second-order valence-electron chi connectivity index (χ2n) is 3.05. The van der Waals surface area contributed by atoms with Crippen LogP contribution in [0.5, 0.6) is 0 Å². The second-order valence-corrected chi connectivity index (χ2v) is 3.05. The quantitative estimate of drug-likeness (QED) is 0.661. The number of amides is 1. The molecule has 0 bridgehead atoms. The summed E-state index contributed by atoms with van der Waals surface area (Å²) >= 11 is 0. The topological polar surface area (TPSA) is 50.7 Å². The first-order valence-electron chi connectivity index (χ1n) is 4.55. The molecule has 1 amide bonds. The maximum atomic E-state index is 10.9. The van der Waals surface area contributed by atoms with E-state index in [0.29, 0.717) is 19.1 Å². The molecule has 76 valence electrons. The number of hydrogen-bond acceptors (Lipinski definition) is 3. The van der Waals surface area contributed by atoms with Gasteiger partial charge >= 0.3 is 6.09 Å². The lowest BCUT2D eigenvalue weighted by Gasteiger charge is -2.06. The molecular weight excluding hydrogens is 168 g/mol. The number of nitrogens with one attached hydrogen (secondary N) is 1. The smallest absolute Gasteiger partial charge is 0.407 e. The second kappa shape index (κ2) is 7.58. The molecule has 0 rings (SSSR count). The van der Waals surface area contributed by atoms with E-state index in [4.69, 9.17) is 4.74 Å². The minimum atomic E-state index is -0.378. The lowest BCUT2D eigenvalue weighted by atomic mass is 10.2. The monoisotopic (exact) mass is 186 g/mol. The van der Waals surface area contributed by atoms with E-state index in [9.17, 15) is 4.79 Å². The Kier molecular flexibility index (Phi) is 6.96. The Morgan fingerprint density at radius 2 is 2.31 bits per heavy atom. The molecule has 0 radical (unpaired) electrons. The van der Waals surface area contributed by atoms with E-state index in [1.54, 1.807) is 6.21 Å². The SMILES string of the molecule is CC/N=C/CNC(=O)OCC(C)C. The van der Waals surface area contributed by atoms with Crippen LogP contribution < -0.4 is 5.32 Å². The number of rotatable bonds is 5. The van der Waals surface area contributed by atoms with Gasteiger partial charge in [-0.1, -0.05) is 13.8 Å². The highest BCUT2D eigenvalue weighted by atomic mass is 16.5. The molecule has 4 heteroatoms. The van der Waals surface area contributed by atoms with E-state index in [0.717, 1.165) is 6.54 Å². The molecule has 4 nitrogen and oxygen atoms in total. The van der Waals surface area contributed by atoms with Crippen LogP contribution in [0.2, 0.25) is 0 Å². The zero-order valence-corrected chi connectivity index (χ0v) is 8.54. The first-order valence-corrected chi connectivity index (χ1v) is 4.55. The number of ether oxygens (including phenoxy) is 1. The lowest BCUT2D eigenvalue weighted by molar-refractivity contribution is 0.134. The highest BCUT2D eigenvalue weighted by Gasteiger charge is 2.00. The first-order chi connectivity index (χ1) is 6.16. The number of carbonyl (C=O) groups is 1. The van der Waals surface area contributed by atoms with Crippen molar-refractivity contribution in [1.29, 1.82) is 0 Å². The van der Waals surface area contributed by atoms with Crippen LogP contribution in [0.25, 0.3) is 0 Å². The minimum Gasteiger partial charge on any atom is -0.449 e. The molecule has 0 atom stereocenters. The third kappa shape index (κ3) is 8.85. The molecule has 0 saturated carbocycles. The largest absolute Gasteiger partial charge is 0.449 e. The van der Waals surface area contributed by atoms with Crippen molar-refractivity contribution in [2.75, 3.05) is 19.7 Å². The maximum absolute atomic E-state index is 10.9. The average Bonchev–Trinajstić information content (AvgIpc) is 2.09. The van der Waals surface area contributed by atoms with Crippen molar-refractivity contribution in [2.24, 2.45) is 10.9 Å². The lowest BCUT2D eigenvalue weighted by Crippen LogP contribution is -2.27. The fourth-order valence-electron chi connectivity index (χ4n) is 0.616. The van der Waals surface area contributed by atoms with Gasteiger partial charge in [0, 0.05) is 12.8 Å². The fourth-order valence-corrected chi connectivity index (χ4v) is 0.616. The van der Waals surface area contributed by atoms with Gasteiger partial charge in [-0.05, 0) is 12.8 Å². The first kappa shape index (κ1) is 11.9. The number of carbonyl (C=O) groups excluding carboxylic acids is 1. The summed E-state index contributed by atoms with van der Waals surface area (Å²) in [4.78, 5) is 14.9. The van der Waals surface area contributed by atoms with Gasteiger partial charge in [-0.25, -0.2) is 4.79 Å². The van der Waals surface area contributed by atoms with Crippen molar-refractivity contribution in [3.8, 4) is 0 Å². The van der Waals surface area contributed by atoms with E-state index in [-0.39, 0.29) is 6.09 Å². The summed E-state index contributed by atoms with van der Waals surface area (Å²) in [5.74, 6) is 0.370. The van der Waals surface area contributed by atoms with Crippen LogP contribution in [0.15, 0.2) is 4.99 Å². The van der Waals surface area contributed by atoms with Crippen molar-refractivity contribution in [2.45, 2.75) is 20.8 Å². The van der Waals surface area contributed by atoms with Gasteiger partial charge in [0.2, 0.25) is 0 Å². The maximum Gasteiger partial charge on any atom is 0.407 e. The molecular formula is C9H18N2O2. The van der Waals surface area contributed by atoms with Crippen molar-refractivity contribution >= 4 is 12.3 Å². The Labute approximate surface area is 79.4 Å². The standard InChI is InChI=1S/C9H18N2O2/c1-4-10-5-6-11-9(12)13-7-8(2)3/h5,8H,4,6-7H2,1-3H3,(H,11,12)/b10-5+. The average molecular weight is 186 g/mol.